The average Bonchev–Trinajstić information content (AvgIpc) is 3.33. The lowest BCUT2D eigenvalue weighted by Crippen LogP contribution is -2.54. The fourth-order valence-corrected chi connectivity index (χ4v) is 4.29. The molecule has 0 bridgehead atoms. The summed E-state index contributed by atoms with van der Waals surface area (Å²) in [7, 11) is 0. The lowest BCUT2D eigenvalue weighted by atomic mass is 9.79. The maximum absolute atomic E-state index is 13.8. The number of ether oxygens (including phenoxy) is 1. The summed E-state index contributed by atoms with van der Waals surface area (Å²) in [6, 6.07) is 5.82. The molecule has 134 valence electrons. The standard InChI is InChI=1S/C19H22FNO4/c20-14-4-1-2-5-15(14)25-19(17(23)24)8-10-21(11-9-19)16(22)13-12-18(13)6-3-7-18/h1-2,4-5,13H,3,6-12H2,(H,23,24)/t13-/m0/s1. The van der Waals surface area contributed by atoms with Gasteiger partial charge in [0.2, 0.25) is 11.5 Å². The second-order valence-electron chi connectivity index (χ2n) is 7.63. The van der Waals surface area contributed by atoms with Gasteiger partial charge in [0.15, 0.2) is 11.6 Å². The first-order valence-electron chi connectivity index (χ1n) is 8.92. The van der Waals surface area contributed by atoms with Gasteiger partial charge < -0.3 is 14.7 Å². The van der Waals surface area contributed by atoms with Crippen molar-refractivity contribution in [3.8, 4) is 5.75 Å². The molecule has 1 atom stereocenters. The van der Waals surface area contributed by atoms with Crippen LogP contribution in [0.1, 0.15) is 38.5 Å². The predicted octanol–water partition coefficient (Wildman–Crippen LogP) is 2.84. The van der Waals surface area contributed by atoms with E-state index in [0.717, 1.165) is 19.3 Å². The van der Waals surface area contributed by atoms with Gasteiger partial charge in [-0.1, -0.05) is 18.6 Å². The molecule has 1 aliphatic heterocycles. The molecule has 0 unspecified atom stereocenters. The van der Waals surface area contributed by atoms with Gasteiger partial charge in [0.05, 0.1) is 0 Å². The first-order chi connectivity index (χ1) is 12.0. The average molecular weight is 347 g/mol. The molecule has 1 amide bonds. The molecule has 4 rings (SSSR count). The van der Waals surface area contributed by atoms with Gasteiger partial charge in [-0.05, 0) is 36.8 Å². The molecule has 1 N–H and O–H groups in total. The number of halogens is 1. The fourth-order valence-electron chi connectivity index (χ4n) is 4.29. The molecule has 5 nitrogen and oxygen atoms in total. The van der Waals surface area contributed by atoms with Crippen molar-refractivity contribution in [2.75, 3.05) is 13.1 Å². The number of carboxylic acids is 1. The molecule has 1 heterocycles. The van der Waals surface area contributed by atoms with Gasteiger partial charge in [-0.3, -0.25) is 4.79 Å². The minimum absolute atomic E-state index is 0.0553. The maximum Gasteiger partial charge on any atom is 0.348 e. The monoisotopic (exact) mass is 347 g/mol. The number of carbonyl (C=O) groups is 2. The smallest absolute Gasteiger partial charge is 0.348 e. The number of hydrogen-bond donors (Lipinski definition) is 1. The summed E-state index contributed by atoms with van der Waals surface area (Å²) in [6.45, 7) is 0.679. The van der Waals surface area contributed by atoms with Crippen LogP contribution in [-0.2, 0) is 9.59 Å². The Balaban J connectivity index is 1.43. The molecule has 1 saturated heterocycles. The van der Waals surface area contributed by atoms with Crippen LogP contribution in [0, 0.1) is 17.2 Å². The van der Waals surface area contributed by atoms with Crippen LogP contribution < -0.4 is 4.74 Å². The van der Waals surface area contributed by atoms with E-state index < -0.39 is 17.4 Å². The number of para-hydroxylation sites is 1. The fraction of sp³-hybridized carbons (Fsp3) is 0.579. The van der Waals surface area contributed by atoms with E-state index in [0.29, 0.717) is 13.1 Å². The third-order valence-corrected chi connectivity index (χ3v) is 6.25. The molecule has 2 saturated carbocycles. The second-order valence-corrected chi connectivity index (χ2v) is 7.63. The topological polar surface area (TPSA) is 66.8 Å². The van der Waals surface area contributed by atoms with Gasteiger partial charge in [-0.15, -0.1) is 0 Å². The molecule has 1 aromatic carbocycles. The second kappa shape index (κ2) is 5.71. The number of likely N-dealkylation sites (tertiary alicyclic amines) is 1. The van der Waals surface area contributed by atoms with E-state index in [4.69, 9.17) is 4.74 Å². The normalized spacial score (nSPS) is 26.0. The van der Waals surface area contributed by atoms with Crippen molar-refractivity contribution in [3.05, 3.63) is 30.1 Å². The lowest BCUT2D eigenvalue weighted by molar-refractivity contribution is -0.162. The largest absolute Gasteiger partial charge is 0.478 e. The summed E-state index contributed by atoms with van der Waals surface area (Å²) in [5, 5.41) is 9.67. The maximum atomic E-state index is 13.8. The van der Waals surface area contributed by atoms with Crippen LogP contribution in [0.25, 0.3) is 0 Å². The summed E-state index contributed by atoms with van der Waals surface area (Å²) in [6.07, 6.45) is 4.82. The van der Waals surface area contributed by atoms with E-state index in [1.165, 1.54) is 24.6 Å². The zero-order valence-corrected chi connectivity index (χ0v) is 14.0. The van der Waals surface area contributed by atoms with Crippen LogP contribution >= 0.6 is 0 Å². The Hall–Kier alpha value is -2.11. The van der Waals surface area contributed by atoms with Crippen molar-refractivity contribution < 1.29 is 23.8 Å². The van der Waals surface area contributed by atoms with Crippen LogP contribution in [0.15, 0.2) is 24.3 Å². The van der Waals surface area contributed by atoms with Crippen LogP contribution in [-0.4, -0.2) is 40.6 Å². The van der Waals surface area contributed by atoms with Gasteiger partial charge in [-0.25, -0.2) is 9.18 Å². The first-order valence-corrected chi connectivity index (χ1v) is 8.92. The molecule has 0 radical (unpaired) electrons. The first kappa shape index (κ1) is 16.4. The third kappa shape index (κ3) is 2.68. The molecular formula is C19H22FNO4. The highest BCUT2D eigenvalue weighted by atomic mass is 19.1. The van der Waals surface area contributed by atoms with Gasteiger partial charge in [0, 0.05) is 31.8 Å². The van der Waals surface area contributed by atoms with Crippen LogP contribution in [0.3, 0.4) is 0 Å². The zero-order valence-electron chi connectivity index (χ0n) is 14.0. The SMILES string of the molecule is O=C([C@@H]1CC12CCC2)N1CCC(Oc2ccccc2F)(C(=O)O)CC1. The minimum atomic E-state index is -1.48. The predicted molar refractivity (Wildman–Crippen MR) is 87.6 cm³/mol. The molecule has 3 fully saturated rings. The van der Waals surface area contributed by atoms with E-state index in [2.05, 4.69) is 0 Å². The number of rotatable bonds is 4. The molecule has 2 aliphatic carbocycles. The number of piperidine rings is 1. The van der Waals surface area contributed by atoms with Gasteiger partial charge >= 0.3 is 5.97 Å². The number of carbonyl (C=O) groups excluding carboxylic acids is 1. The molecule has 1 spiro atoms. The molecular weight excluding hydrogens is 325 g/mol. The summed E-state index contributed by atoms with van der Waals surface area (Å²) in [4.78, 5) is 26.2. The highest BCUT2D eigenvalue weighted by Gasteiger charge is 2.62. The summed E-state index contributed by atoms with van der Waals surface area (Å²) in [5.74, 6) is -1.45. The summed E-state index contributed by atoms with van der Waals surface area (Å²) in [5.41, 5.74) is -1.21. The summed E-state index contributed by atoms with van der Waals surface area (Å²) < 4.78 is 19.4. The zero-order chi connectivity index (χ0) is 17.7. The Morgan fingerprint density at radius 2 is 1.84 bits per heavy atom. The highest BCUT2D eigenvalue weighted by Crippen LogP contribution is 2.66. The quantitative estimate of drug-likeness (QED) is 0.909. The molecule has 25 heavy (non-hydrogen) atoms. The van der Waals surface area contributed by atoms with Crippen LogP contribution in [0.4, 0.5) is 4.39 Å². The molecule has 1 aromatic rings. The Labute approximate surface area is 145 Å². The number of benzene rings is 1. The minimum Gasteiger partial charge on any atom is -0.478 e. The van der Waals surface area contributed by atoms with E-state index in [1.807, 2.05) is 0 Å². The van der Waals surface area contributed by atoms with E-state index in [9.17, 15) is 19.1 Å². The van der Waals surface area contributed by atoms with Crippen molar-refractivity contribution >= 4 is 11.9 Å². The lowest BCUT2D eigenvalue weighted by Gasteiger charge is -2.39. The van der Waals surface area contributed by atoms with Crippen molar-refractivity contribution in [1.29, 1.82) is 0 Å². The number of carboxylic acid groups (broad SMARTS) is 1. The van der Waals surface area contributed by atoms with Gasteiger partial charge in [0.1, 0.15) is 0 Å². The number of hydrogen-bond acceptors (Lipinski definition) is 3. The van der Waals surface area contributed by atoms with E-state index >= 15 is 0 Å². The highest BCUT2D eigenvalue weighted by molar-refractivity contribution is 5.84. The van der Waals surface area contributed by atoms with Gasteiger partial charge in [0.25, 0.3) is 0 Å². The Kier molecular flexibility index (Phi) is 3.74. The number of aliphatic carboxylic acids is 1. The number of amides is 1. The van der Waals surface area contributed by atoms with E-state index in [1.54, 1.807) is 11.0 Å². The van der Waals surface area contributed by atoms with Gasteiger partial charge in [-0.2, -0.15) is 0 Å². The summed E-state index contributed by atoms with van der Waals surface area (Å²) >= 11 is 0. The molecule has 3 aliphatic rings. The Bertz CT molecular complexity index is 707. The Morgan fingerprint density at radius 3 is 2.36 bits per heavy atom. The van der Waals surface area contributed by atoms with Crippen LogP contribution in [0.5, 0.6) is 5.75 Å². The van der Waals surface area contributed by atoms with Crippen LogP contribution in [0.2, 0.25) is 0 Å². The molecule has 0 aromatic heterocycles. The Morgan fingerprint density at radius 1 is 1.16 bits per heavy atom. The van der Waals surface area contributed by atoms with Crippen molar-refractivity contribution in [3.63, 3.8) is 0 Å². The van der Waals surface area contributed by atoms with Crippen molar-refractivity contribution in [2.24, 2.45) is 11.3 Å². The van der Waals surface area contributed by atoms with Crippen molar-refractivity contribution in [2.45, 2.75) is 44.1 Å². The number of nitrogens with zero attached hydrogens (tertiary/aromatic N) is 1. The van der Waals surface area contributed by atoms with Crippen molar-refractivity contribution in [1.82, 2.24) is 4.90 Å². The van der Waals surface area contributed by atoms with E-state index in [-0.39, 0.29) is 35.8 Å². The third-order valence-electron chi connectivity index (χ3n) is 6.25. The molecule has 6 heteroatoms.